The molecule has 0 aliphatic carbocycles. The number of ether oxygens (including phenoxy) is 1. The molecule has 31 heavy (non-hydrogen) atoms. The summed E-state index contributed by atoms with van der Waals surface area (Å²) in [6.07, 6.45) is 1.55. The van der Waals surface area contributed by atoms with Crippen LogP contribution in [0.3, 0.4) is 0 Å². The van der Waals surface area contributed by atoms with Gasteiger partial charge in [0.15, 0.2) is 0 Å². The second kappa shape index (κ2) is 12.1. The van der Waals surface area contributed by atoms with E-state index in [-0.39, 0.29) is 23.4 Å². The molecule has 2 atom stereocenters. The molecular weight excluding hydrogens is 404 g/mol. The number of nitrogens with one attached hydrogen (secondary N) is 1. The summed E-state index contributed by atoms with van der Waals surface area (Å²) in [6.45, 7) is 2.65. The Bertz CT molecular complexity index is 816. The van der Waals surface area contributed by atoms with Crippen molar-refractivity contribution in [2.75, 3.05) is 13.2 Å². The SMILES string of the molecule is CCCCCC(NCC(O)c1cccc(O)c1CO)OCC(F)(F)c1cccc(C)c1. The molecule has 0 bridgehead atoms. The van der Waals surface area contributed by atoms with E-state index in [1.54, 1.807) is 31.2 Å². The Balaban J connectivity index is 2.02. The number of hydrogen-bond donors (Lipinski definition) is 4. The van der Waals surface area contributed by atoms with Crippen molar-refractivity contribution in [3.05, 3.63) is 64.7 Å². The smallest absolute Gasteiger partial charge is 0.296 e. The number of aromatic hydroxyl groups is 1. The molecule has 0 saturated heterocycles. The van der Waals surface area contributed by atoms with Crippen LogP contribution in [0.2, 0.25) is 0 Å². The van der Waals surface area contributed by atoms with Gasteiger partial charge in [-0.2, -0.15) is 8.78 Å². The number of unbranched alkanes of at least 4 members (excludes halogenated alkanes) is 2. The Morgan fingerprint density at radius 3 is 2.55 bits per heavy atom. The number of hydrogen-bond acceptors (Lipinski definition) is 5. The molecule has 2 aromatic carbocycles. The van der Waals surface area contributed by atoms with Crippen LogP contribution in [0, 0.1) is 6.92 Å². The number of alkyl halides is 2. The van der Waals surface area contributed by atoms with Crippen LogP contribution in [0.5, 0.6) is 5.75 Å². The van der Waals surface area contributed by atoms with Crippen LogP contribution in [-0.4, -0.2) is 34.7 Å². The quantitative estimate of drug-likeness (QED) is 0.273. The van der Waals surface area contributed by atoms with Crippen LogP contribution in [0.15, 0.2) is 42.5 Å². The predicted molar refractivity (Wildman–Crippen MR) is 116 cm³/mol. The minimum absolute atomic E-state index is 0.0310. The third-order valence-electron chi connectivity index (χ3n) is 5.22. The van der Waals surface area contributed by atoms with Gasteiger partial charge in [0.05, 0.1) is 12.7 Å². The second-order valence-corrected chi connectivity index (χ2v) is 7.80. The molecule has 172 valence electrons. The normalized spacial score (nSPS) is 13.9. The molecule has 5 nitrogen and oxygen atoms in total. The summed E-state index contributed by atoms with van der Waals surface area (Å²) in [5, 5.41) is 32.9. The lowest BCUT2D eigenvalue weighted by atomic mass is 10.0. The third-order valence-corrected chi connectivity index (χ3v) is 5.22. The predicted octanol–water partition coefficient (Wildman–Crippen LogP) is 4.53. The summed E-state index contributed by atoms with van der Waals surface area (Å²) in [7, 11) is 0. The largest absolute Gasteiger partial charge is 0.508 e. The van der Waals surface area contributed by atoms with E-state index in [0.717, 1.165) is 24.8 Å². The van der Waals surface area contributed by atoms with Crippen molar-refractivity contribution in [1.29, 1.82) is 0 Å². The zero-order valence-electron chi connectivity index (χ0n) is 18.2. The summed E-state index contributed by atoms with van der Waals surface area (Å²) >= 11 is 0. The highest BCUT2D eigenvalue weighted by Gasteiger charge is 2.33. The molecule has 0 saturated carbocycles. The summed E-state index contributed by atoms with van der Waals surface area (Å²) < 4.78 is 34.8. The Hall–Kier alpha value is -2.06. The number of halogens is 2. The van der Waals surface area contributed by atoms with Gasteiger partial charge in [0.1, 0.15) is 18.6 Å². The zero-order chi connectivity index (χ0) is 22.9. The fraction of sp³-hybridized carbons (Fsp3) is 0.500. The Kier molecular flexibility index (Phi) is 9.84. The fourth-order valence-corrected chi connectivity index (χ4v) is 3.41. The molecule has 7 heteroatoms. The molecular formula is C24H33F2NO4. The molecule has 0 aromatic heterocycles. The van der Waals surface area contributed by atoms with Crippen molar-refractivity contribution in [2.45, 2.75) is 64.4 Å². The minimum Gasteiger partial charge on any atom is -0.508 e. The van der Waals surface area contributed by atoms with E-state index >= 15 is 0 Å². The maximum absolute atomic E-state index is 14.6. The third kappa shape index (κ3) is 7.54. The number of aryl methyl sites for hydroxylation is 1. The highest BCUT2D eigenvalue weighted by atomic mass is 19.3. The maximum Gasteiger partial charge on any atom is 0.296 e. The molecule has 0 fully saturated rings. The lowest BCUT2D eigenvalue weighted by Gasteiger charge is -2.25. The topological polar surface area (TPSA) is 82.0 Å². The van der Waals surface area contributed by atoms with E-state index in [4.69, 9.17) is 4.74 Å². The standard InChI is InChI=1S/C24H33F2NO4/c1-3-4-5-12-23(31-16-24(25,26)18-9-6-8-17(2)13-18)27-14-22(30)19-10-7-11-21(29)20(19)15-28/h6-11,13,22-23,27-30H,3-5,12,14-16H2,1-2H3. The molecule has 2 unspecified atom stereocenters. The molecule has 2 aromatic rings. The number of phenols is 1. The van der Waals surface area contributed by atoms with Gasteiger partial charge in [-0.1, -0.05) is 61.7 Å². The van der Waals surface area contributed by atoms with Gasteiger partial charge in [-0.05, 0) is 31.4 Å². The van der Waals surface area contributed by atoms with Gasteiger partial charge in [0.2, 0.25) is 0 Å². The van der Waals surface area contributed by atoms with E-state index in [9.17, 15) is 24.1 Å². The van der Waals surface area contributed by atoms with Gasteiger partial charge in [-0.25, -0.2) is 0 Å². The Morgan fingerprint density at radius 1 is 1.13 bits per heavy atom. The van der Waals surface area contributed by atoms with Crippen molar-refractivity contribution in [2.24, 2.45) is 0 Å². The summed E-state index contributed by atoms with van der Waals surface area (Å²) in [6, 6.07) is 10.8. The molecule has 4 N–H and O–H groups in total. The number of aliphatic hydroxyl groups is 2. The van der Waals surface area contributed by atoms with E-state index in [2.05, 4.69) is 12.2 Å². The van der Waals surface area contributed by atoms with Gasteiger partial charge in [-0.15, -0.1) is 0 Å². The molecule has 0 spiro atoms. The van der Waals surface area contributed by atoms with E-state index in [1.165, 1.54) is 18.2 Å². The molecule has 0 heterocycles. The van der Waals surface area contributed by atoms with E-state index in [1.807, 2.05) is 0 Å². The van der Waals surface area contributed by atoms with Crippen molar-refractivity contribution >= 4 is 0 Å². The van der Waals surface area contributed by atoms with Crippen LogP contribution >= 0.6 is 0 Å². The van der Waals surface area contributed by atoms with Gasteiger partial charge in [-0.3, -0.25) is 5.32 Å². The molecule has 2 rings (SSSR count). The molecule has 0 radical (unpaired) electrons. The highest BCUT2D eigenvalue weighted by Crippen LogP contribution is 2.30. The average molecular weight is 438 g/mol. The second-order valence-electron chi connectivity index (χ2n) is 7.80. The summed E-state index contributed by atoms with van der Waals surface area (Å²) in [5.41, 5.74) is 1.29. The van der Waals surface area contributed by atoms with Crippen molar-refractivity contribution in [1.82, 2.24) is 5.32 Å². The van der Waals surface area contributed by atoms with Crippen LogP contribution in [0.4, 0.5) is 8.78 Å². The lowest BCUT2D eigenvalue weighted by molar-refractivity contribution is -0.115. The van der Waals surface area contributed by atoms with Gasteiger partial charge < -0.3 is 20.1 Å². The van der Waals surface area contributed by atoms with Gasteiger partial charge in [0.25, 0.3) is 5.92 Å². The monoisotopic (exact) mass is 437 g/mol. The number of benzene rings is 2. The van der Waals surface area contributed by atoms with Crippen LogP contribution in [0.25, 0.3) is 0 Å². The number of rotatable bonds is 13. The van der Waals surface area contributed by atoms with Crippen molar-refractivity contribution in [3.8, 4) is 5.75 Å². The van der Waals surface area contributed by atoms with E-state index in [0.29, 0.717) is 12.0 Å². The van der Waals surface area contributed by atoms with Crippen molar-refractivity contribution in [3.63, 3.8) is 0 Å². The first-order chi connectivity index (χ1) is 14.8. The minimum atomic E-state index is -3.13. The maximum atomic E-state index is 14.6. The van der Waals surface area contributed by atoms with Crippen LogP contribution in [-0.2, 0) is 17.3 Å². The fourth-order valence-electron chi connectivity index (χ4n) is 3.41. The van der Waals surface area contributed by atoms with Crippen LogP contribution in [0.1, 0.15) is 61.0 Å². The number of aliphatic hydroxyl groups excluding tert-OH is 2. The molecule has 0 aliphatic rings. The first-order valence-electron chi connectivity index (χ1n) is 10.7. The molecule has 0 aliphatic heterocycles. The average Bonchev–Trinajstić information content (AvgIpc) is 2.75. The zero-order valence-corrected chi connectivity index (χ0v) is 18.2. The Labute approximate surface area is 182 Å². The first kappa shape index (κ1) is 25.2. The lowest BCUT2D eigenvalue weighted by Crippen LogP contribution is -2.38. The van der Waals surface area contributed by atoms with Gasteiger partial charge >= 0.3 is 0 Å². The van der Waals surface area contributed by atoms with Crippen LogP contribution < -0.4 is 5.32 Å². The highest BCUT2D eigenvalue weighted by molar-refractivity contribution is 5.40. The Morgan fingerprint density at radius 2 is 1.87 bits per heavy atom. The van der Waals surface area contributed by atoms with Crippen molar-refractivity contribution < 1.29 is 28.8 Å². The summed E-state index contributed by atoms with van der Waals surface area (Å²) in [5.74, 6) is -3.24. The van der Waals surface area contributed by atoms with Gasteiger partial charge in [0, 0.05) is 17.7 Å². The first-order valence-corrected chi connectivity index (χ1v) is 10.7. The van der Waals surface area contributed by atoms with E-state index < -0.39 is 31.5 Å². The molecule has 0 amide bonds. The summed E-state index contributed by atoms with van der Waals surface area (Å²) in [4.78, 5) is 0.